The summed E-state index contributed by atoms with van der Waals surface area (Å²) in [7, 11) is 0. The maximum Gasteiger partial charge on any atom is 0.339 e. The first kappa shape index (κ1) is 23.6. The number of aromatic nitrogens is 2. The lowest BCUT2D eigenvalue weighted by Crippen LogP contribution is -2.04. The van der Waals surface area contributed by atoms with Crippen molar-refractivity contribution in [2.24, 2.45) is 0 Å². The second-order valence-electron chi connectivity index (χ2n) is 4.61. The number of fused-ring (bicyclic) bond motifs is 2. The maximum atomic E-state index is 11.0. The lowest BCUT2D eigenvalue weighted by atomic mass is 10.4. The molecule has 4 nitrogen and oxygen atoms in total. The third-order valence-corrected chi connectivity index (χ3v) is 6.19. The molecule has 0 unspecified atom stereocenters. The first-order valence-corrected chi connectivity index (χ1v) is 14.8. The van der Waals surface area contributed by atoms with E-state index in [2.05, 4.69) is 75.6 Å². The molecule has 13 heteroatoms. The van der Waals surface area contributed by atoms with Crippen molar-refractivity contribution in [1.82, 2.24) is 9.97 Å². The number of hydrogen-bond acceptors (Lipinski definition) is 5. The van der Waals surface area contributed by atoms with Crippen molar-refractivity contribution in [2.45, 2.75) is 0 Å². The molecule has 0 aliphatic carbocycles. The Hall–Kier alpha value is 0.370. The molecule has 0 aliphatic heterocycles. The van der Waals surface area contributed by atoms with Gasteiger partial charge in [-0.3, -0.25) is 9.36 Å². The minimum absolute atomic E-state index is 0.0732. The molecule has 4 aromatic rings. The van der Waals surface area contributed by atoms with Crippen molar-refractivity contribution >= 4 is 125 Å². The molecule has 4 rings (SSSR count). The van der Waals surface area contributed by atoms with Crippen LogP contribution in [0.5, 0.6) is 0 Å². The number of pyridine rings is 2. The van der Waals surface area contributed by atoms with Gasteiger partial charge in [-0.15, -0.1) is 22.7 Å². The van der Waals surface area contributed by atoms with E-state index in [-0.39, 0.29) is 5.56 Å². The molecule has 4 aromatic heterocycles. The van der Waals surface area contributed by atoms with Crippen LogP contribution >= 0.6 is 105 Å². The van der Waals surface area contributed by atoms with Gasteiger partial charge in [-0.1, -0.05) is 11.6 Å². The fourth-order valence-corrected chi connectivity index (χ4v) is 4.39. The molecule has 0 radical (unpaired) electrons. The number of aromatic amines is 1. The highest BCUT2D eigenvalue weighted by Gasteiger charge is 2.03. The van der Waals surface area contributed by atoms with E-state index in [1.54, 1.807) is 22.7 Å². The van der Waals surface area contributed by atoms with E-state index in [1.807, 2.05) is 35.0 Å². The number of thiophene rings is 2. The summed E-state index contributed by atoms with van der Waals surface area (Å²) in [6.45, 7) is 0. The van der Waals surface area contributed by atoms with Gasteiger partial charge in [-0.2, -0.15) is 0 Å². The van der Waals surface area contributed by atoms with E-state index < -0.39 is 5.20 Å². The van der Waals surface area contributed by atoms with Gasteiger partial charge in [0.05, 0.1) is 29.4 Å². The second-order valence-corrected chi connectivity index (χ2v) is 15.2. The Morgan fingerprint density at radius 2 is 1.56 bits per heavy atom. The number of nitrogens with zero attached hydrogens (tertiary/aromatic N) is 1. The average molecular weight is 632 g/mol. The van der Waals surface area contributed by atoms with Gasteiger partial charge in [0.25, 0.3) is 5.56 Å². The van der Waals surface area contributed by atoms with Crippen molar-refractivity contribution in [3.8, 4) is 0 Å². The van der Waals surface area contributed by atoms with E-state index in [9.17, 15) is 9.36 Å². The molecule has 0 spiro atoms. The van der Waals surface area contributed by atoms with Crippen LogP contribution in [-0.2, 0) is 4.57 Å². The van der Waals surface area contributed by atoms with Crippen molar-refractivity contribution < 1.29 is 4.57 Å². The predicted octanol–water partition coefficient (Wildman–Crippen LogP) is 8.88. The van der Waals surface area contributed by atoms with Gasteiger partial charge in [0.1, 0.15) is 5.15 Å². The van der Waals surface area contributed by atoms with Crippen molar-refractivity contribution in [2.75, 3.05) is 0 Å². The third kappa shape index (κ3) is 7.96. The molecule has 0 amide bonds. The number of halogens is 6. The van der Waals surface area contributed by atoms with Crippen LogP contribution in [0.2, 0.25) is 5.15 Å². The zero-order valence-corrected chi connectivity index (χ0v) is 21.5. The standard InChI is InChI=1S/C7H3BrClNS.C7H4BrNOS.Cl3OP/c8-4-3-6-5(1-2-11-6)10-7(4)9;8-4-3-6-5(1-2-11-6)9-7(4)10;1-5(2,3)4/h1-3H;1-3H,(H,9,10);. The summed E-state index contributed by atoms with van der Waals surface area (Å²) in [5, 5.41) is 1.25. The summed E-state index contributed by atoms with van der Waals surface area (Å²) >= 11 is 29.4. The monoisotopic (exact) mass is 628 g/mol. The molecule has 0 saturated carbocycles. The Kier molecular flexibility index (Phi) is 9.12. The quantitative estimate of drug-likeness (QED) is 0.156. The summed E-state index contributed by atoms with van der Waals surface area (Å²) in [5.41, 5.74) is 1.79. The summed E-state index contributed by atoms with van der Waals surface area (Å²) in [6.07, 6.45) is 0. The largest absolute Gasteiger partial charge is 0.339 e. The van der Waals surface area contributed by atoms with Crippen LogP contribution in [0.15, 0.2) is 48.8 Å². The fourth-order valence-electron chi connectivity index (χ4n) is 1.75. The van der Waals surface area contributed by atoms with E-state index in [4.69, 9.17) is 11.6 Å². The van der Waals surface area contributed by atoms with Crippen molar-refractivity contribution in [3.05, 3.63) is 59.5 Å². The molecule has 0 fully saturated rings. The average Bonchev–Trinajstić information content (AvgIpc) is 3.16. The molecule has 0 bridgehead atoms. The Labute approximate surface area is 197 Å². The van der Waals surface area contributed by atoms with Crippen LogP contribution in [0.1, 0.15) is 0 Å². The van der Waals surface area contributed by atoms with Crippen LogP contribution < -0.4 is 5.56 Å². The number of rotatable bonds is 0. The summed E-state index contributed by atoms with van der Waals surface area (Å²) in [6, 6.07) is 7.67. The predicted molar refractivity (Wildman–Crippen MR) is 128 cm³/mol. The molecular weight excluding hydrogens is 625 g/mol. The minimum Gasteiger partial charge on any atom is -0.320 e. The number of H-pyrrole nitrogens is 1. The normalized spacial score (nSPS) is 10.9. The van der Waals surface area contributed by atoms with Gasteiger partial charge in [0.15, 0.2) is 0 Å². The Balaban J connectivity index is 0.000000157. The molecule has 4 heterocycles. The minimum atomic E-state index is -3.22. The van der Waals surface area contributed by atoms with Gasteiger partial charge in [0.2, 0.25) is 0 Å². The molecule has 0 saturated heterocycles. The lowest BCUT2D eigenvalue weighted by Gasteiger charge is -1.93. The Morgan fingerprint density at radius 3 is 2.22 bits per heavy atom. The summed E-state index contributed by atoms with van der Waals surface area (Å²) in [4.78, 5) is 17.9. The van der Waals surface area contributed by atoms with Crippen LogP contribution in [0.3, 0.4) is 0 Å². The van der Waals surface area contributed by atoms with Crippen LogP contribution in [0, 0.1) is 0 Å². The van der Waals surface area contributed by atoms with E-state index in [0.29, 0.717) is 9.63 Å². The number of hydrogen-bond donors (Lipinski definition) is 1. The fraction of sp³-hybridized carbons (Fsp3) is 0. The molecule has 1 N–H and O–H groups in total. The molecule has 0 aliphatic rings. The van der Waals surface area contributed by atoms with E-state index in [1.165, 1.54) is 0 Å². The van der Waals surface area contributed by atoms with Crippen LogP contribution in [0.4, 0.5) is 0 Å². The van der Waals surface area contributed by atoms with E-state index >= 15 is 0 Å². The first-order valence-electron chi connectivity index (χ1n) is 6.69. The zero-order chi connectivity index (χ0) is 20.2. The summed E-state index contributed by atoms with van der Waals surface area (Å²) in [5.74, 6) is 0. The Morgan fingerprint density at radius 1 is 1.00 bits per heavy atom. The van der Waals surface area contributed by atoms with Gasteiger partial charge in [-0.05, 0) is 101 Å². The molecule has 27 heavy (non-hydrogen) atoms. The molecule has 144 valence electrons. The highest BCUT2D eigenvalue weighted by Crippen LogP contribution is 2.61. The lowest BCUT2D eigenvalue weighted by molar-refractivity contribution is 0.600. The smallest absolute Gasteiger partial charge is 0.320 e. The topological polar surface area (TPSA) is 62.8 Å². The maximum absolute atomic E-state index is 11.0. The van der Waals surface area contributed by atoms with E-state index in [0.717, 1.165) is 24.9 Å². The van der Waals surface area contributed by atoms with Gasteiger partial charge < -0.3 is 4.98 Å². The molecular formula is C14H7Br2Cl4N2O2PS2. The van der Waals surface area contributed by atoms with Crippen LogP contribution in [-0.4, -0.2) is 9.97 Å². The zero-order valence-electron chi connectivity index (χ0n) is 12.8. The Bertz CT molecular complexity index is 1130. The third-order valence-electron chi connectivity index (χ3n) is 2.76. The first-order chi connectivity index (χ1) is 12.5. The highest BCUT2D eigenvalue weighted by atomic mass is 79.9. The molecule has 0 aromatic carbocycles. The summed E-state index contributed by atoms with van der Waals surface area (Å²) < 4.78 is 13.2. The molecule has 0 atom stereocenters. The second kappa shape index (κ2) is 10.4. The number of nitrogens with one attached hydrogen (secondary N) is 1. The SMILES string of the molecule is Clc1nc2ccsc2cc1Br.O=P(Cl)(Cl)Cl.O=c1[nH]c2ccsc2cc1Br. The van der Waals surface area contributed by atoms with Crippen molar-refractivity contribution in [3.63, 3.8) is 0 Å². The van der Waals surface area contributed by atoms with Crippen molar-refractivity contribution in [1.29, 1.82) is 0 Å². The van der Waals surface area contributed by atoms with Gasteiger partial charge in [0, 0.05) is 0 Å². The van der Waals surface area contributed by atoms with Crippen LogP contribution in [0.25, 0.3) is 20.4 Å². The van der Waals surface area contributed by atoms with Gasteiger partial charge in [-0.25, -0.2) is 4.98 Å². The van der Waals surface area contributed by atoms with Gasteiger partial charge >= 0.3 is 5.20 Å². The highest BCUT2D eigenvalue weighted by molar-refractivity contribution is 9.10.